The Kier molecular flexibility index (Phi) is 51.8. The van der Waals surface area contributed by atoms with E-state index < -0.39 is 36.9 Å². The van der Waals surface area contributed by atoms with Crippen LogP contribution in [0, 0.1) is 0 Å². The summed E-state index contributed by atoms with van der Waals surface area (Å²) in [6.45, 7) is 4.06. The van der Waals surface area contributed by atoms with Gasteiger partial charge in [-0.3, -0.25) is 4.79 Å². The number of hydrogen-bond acceptors (Lipinski definition) is 5. The van der Waals surface area contributed by atoms with Gasteiger partial charge in [-0.1, -0.05) is 249 Å². The van der Waals surface area contributed by atoms with Crippen LogP contribution < -0.4 is 5.32 Å². The predicted molar refractivity (Wildman–Crippen MR) is 283 cm³/mol. The summed E-state index contributed by atoms with van der Waals surface area (Å²) < 4.78 is 0. The number of unbranched alkanes of at least 4 members (excludes halogenated alkanes) is 35. The van der Waals surface area contributed by atoms with E-state index in [-0.39, 0.29) is 0 Å². The molecule has 0 aromatic rings. The first-order chi connectivity index (χ1) is 32.0. The highest BCUT2D eigenvalue weighted by atomic mass is 16.3. The van der Waals surface area contributed by atoms with Crippen molar-refractivity contribution >= 4 is 5.91 Å². The monoisotopic (exact) mass is 914 g/mol. The summed E-state index contributed by atoms with van der Waals surface area (Å²) in [6.07, 6.45) is 67.5. The van der Waals surface area contributed by atoms with Crippen LogP contribution in [0.25, 0.3) is 0 Å². The minimum Gasteiger partial charge on any atom is -0.394 e. The molecular formula is C59H111NO5. The Morgan fingerprint density at radius 1 is 0.369 bits per heavy atom. The number of rotatable bonds is 52. The minimum absolute atomic E-state index is 0.358. The molecule has 0 spiro atoms. The standard InChI is InChI=1S/C59H111NO5/c1-3-5-7-9-11-13-15-17-19-21-23-25-26-27-28-29-30-31-32-33-35-37-39-41-43-45-47-49-51-53-57(63)59(65)60-55(54-61)58(64)56(62)52-50-48-46-44-42-40-38-36-34-24-22-20-18-16-14-12-10-8-6-4-2/h20,22,27-28,36,38,44,46,55-58,61-64H,3-19,21,23-26,29-35,37,39-43,45,47-54H2,1-2H3,(H,60,65)/b22-20+,28-27-,38-36+,46-44+. The van der Waals surface area contributed by atoms with Crippen LogP contribution in [0.3, 0.4) is 0 Å². The van der Waals surface area contributed by atoms with Crippen molar-refractivity contribution in [3.05, 3.63) is 48.6 Å². The smallest absolute Gasteiger partial charge is 0.249 e. The van der Waals surface area contributed by atoms with Crippen molar-refractivity contribution in [2.24, 2.45) is 0 Å². The predicted octanol–water partition coefficient (Wildman–Crippen LogP) is 16.6. The quantitative estimate of drug-likeness (QED) is 0.0308. The number of aliphatic hydroxyl groups excluding tert-OH is 4. The van der Waals surface area contributed by atoms with E-state index >= 15 is 0 Å². The Morgan fingerprint density at radius 3 is 0.969 bits per heavy atom. The van der Waals surface area contributed by atoms with E-state index in [0.29, 0.717) is 19.3 Å². The summed E-state index contributed by atoms with van der Waals surface area (Å²) in [7, 11) is 0. The Hall–Kier alpha value is -1.73. The second-order valence-electron chi connectivity index (χ2n) is 19.6. The molecule has 0 aromatic carbocycles. The van der Waals surface area contributed by atoms with Crippen LogP contribution >= 0.6 is 0 Å². The van der Waals surface area contributed by atoms with Gasteiger partial charge in [0.25, 0.3) is 0 Å². The Labute approximate surface area is 404 Å². The van der Waals surface area contributed by atoms with Crippen LogP contribution in [-0.4, -0.2) is 57.3 Å². The van der Waals surface area contributed by atoms with Gasteiger partial charge in [-0.25, -0.2) is 0 Å². The second kappa shape index (κ2) is 53.2. The molecule has 65 heavy (non-hydrogen) atoms. The van der Waals surface area contributed by atoms with E-state index in [0.717, 1.165) is 51.4 Å². The van der Waals surface area contributed by atoms with Crippen molar-refractivity contribution in [2.45, 2.75) is 314 Å². The van der Waals surface area contributed by atoms with Gasteiger partial charge in [0, 0.05) is 0 Å². The molecule has 6 heteroatoms. The zero-order valence-electron chi connectivity index (χ0n) is 43.2. The third-order valence-corrected chi connectivity index (χ3v) is 13.2. The molecule has 0 radical (unpaired) electrons. The Balaban J connectivity index is 3.67. The van der Waals surface area contributed by atoms with Gasteiger partial charge in [-0.2, -0.15) is 0 Å². The number of carbonyl (C=O) groups is 1. The SMILES string of the molecule is CCCCCCCCC/C=C/CC/C=C/CC/C=C/CCCC(O)C(O)C(CO)NC(=O)C(O)CCCCCCCCCCCCCCC/C=C\CCCCCCCCCCCCCC. The Morgan fingerprint density at radius 2 is 0.646 bits per heavy atom. The molecule has 0 heterocycles. The molecule has 0 aromatic heterocycles. The van der Waals surface area contributed by atoms with Crippen LogP contribution in [0.2, 0.25) is 0 Å². The van der Waals surface area contributed by atoms with Crippen LogP contribution in [0.4, 0.5) is 0 Å². The number of carbonyl (C=O) groups excluding carboxylic acids is 1. The van der Waals surface area contributed by atoms with Gasteiger partial charge in [0.1, 0.15) is 12.2 Å². The molecule has 0 saturated carbocycles. The van der Waals surface area contributed by atoms with E-state index in [1.165, 1.54) is 205 Å². The number of hydrogen-bond donors (Lipinski definition) is 5. The first kappa shape index (κ1) is 63.3. The minimum atomic E-state index is -1.29. The molecule has 4 atom stereocenters. The van der Waals surface area contributed by atoms with Gasteiger partial charge < -0.3 is 25.7 Å². The summed E-state index contributed by atoms with van der Waals surface area (Å²) in [6, 6.07) is -1.01. The van der Waals surface area contributed by atoms with Crippen molar-refractivity contribution < 1.29 is 25.2 Å². The van der Waals surface area contributed by atoms with Crippen molar-refractivity contribution in [3.8, 4) is 0 Å². The molecule has 6 nitrogen and oxygen atoms in total. The molecule has 4 unspecified atom stereocenters. The first-order valence-corrected chi connectivity index (χ1v) is 28.5. The summed E-state index contributed by atoms with van der Waals surface area (Å²) in [5.74, 6) is -0.598. The number of amides is 1. The molecule has 0 saturated heterocycles. The number of allylic oxidation sites excluding steroid dienone is 8. The molecule has 0 bridgehead atoms. The highest BCUT2D eigenvalue weighted by Crippen LogP contribution is 2.17. The van der Waals surface area contributed by atoms with Crippen molar-refractivity contribution in [1.29, 1.82) is 0 Å². The summed E-state index contributed by atoms with van der Waals surface area (Å²) in [4.78, 5) is 12.6. The van der Waals surface area contributed by atoms with Crippen molar-refractivity contribution in [3.63, 3.8) is 0 Å². The van der Waals surface area contributed by atoms with Crippen LogP contribution in [-0.2, 0) is 4.79 Å². The molecule has 0 fully saturated rings. The van der Waals surface area contributed by atoms with E-state index in [1.807, 2.05) is 0 Å². The van der Waals surface area contributed by atoms with Crippen LogP contribution in [0.1, 0.15) is 290 Å². The molecule has 0 rings (SSSR count). The average molecular weight is 915 g/mol. The van der Waals surface area contributed by atoms with Gasteiger partial charge in [0.05, 0.1) is 18.8 Å². The molecule has 1 amide bonds. The zero-order valence-corrected chi connectivity index (χ0v) is 43.2. The fourth-order valence-corrected chi connectivity index (χ4v) is 8.73. The number of aliphatic hydroxyl groups is 4. The van der Waals surface area contributed by atoms with Gasteiger partial charge in [-0.05, 0) is 89.9 Å². The maximum Gasteiger partial charge on any atom is 0.249 e. The summed E-state index contributed by atoms with van der Waals surface area (Å²) in [5.41, 5.74) is 0. The van der Waals surface area contributed by atoms with Gasteiger partial charge >= 0.3 is 0 Å². The maximum absolute atomic E-state index is 12.6. The summed E-state index contributed by atoms with van der Waals surface area (Å²) in [5, 5.41) is 43.9. The Bertz CT molecular complexity index is 1070. The third kappa shape index (κ3) is 47.1. The lowest BCUT2D eigenvalue weighted by molar-refractivity contribution is -0.132. The molecule has 0 aliphatic rings. The second-order valence-corrected chi connectivity index (χ2v) is 19.6. The molecule has 0 aliphatic heterocycles. The normalized spacial score (nSPS) is 14.1. The van der Waals surface area contributed by atoms with Gasteiger partial charge in [-0.15, -0.1) is 0 Å². The topological polar surface area (TPSA) is 110 Å². The molecule has 382 valence electrons. The van der Waals surface area contributed by atoms with Crippen LogP contribution in [0.15, 0.2) is 48.6 Å². The van der Waals surface area contributed by atoms with E-state index in [1.54, 1.807) is 0 Å². The third-order valence-electron chi connectivity index (χ3n) is 13.2. The van der Waals surface area contributed by atoms with Crippen molar-refractivity contribution in [1.82, 2.24) is 5.32 Å². The van der Waals surface area contributed by atoms with Crippen molar-refractivity contribution in [2.75, 3.05) is 6.61 Å². The molecule has 0 aliphatic carbocycles. The van der Waals surface area contributed by atoms with Crippen LogP contribution in [0.5, 0.6) is 0 Å². The van der Waals surface area contributed by atoms with E-state index in [9.17, 15) is 25.2 Å². The van der Waals surface area contributed by atoms with Gasteiger partial charge in [0.2, 0.25) is 5.91 Å². The highest BCUT2D eigenvalue weighted by molar-refractivity contribution is 5.80. The van der Waals surface area contributed by atoms with E-state index in [4.69, 9.17) is 0 Å². The number of nitrogens with one attached hydrogen (secondary N) is 1. The average Bonchev–Trinajstić information content (AvgIpc) is 3.31. The summed E-state index contributed by atoms with van der Waals surface area (Å²) >= 11 is 0. The lowest BCUT2D eigenvalue weighted by atomic mass is 10.00. The molecule has 5 N–H and O–H groups in total. The fourth-order valence-electron chi connectivity index (χ4n) is 8.73. The maximum atomic E-state index is 12.6. The highest BCUT2D eigenvalue weighted by Gasteiger charge is 2.28. The lowest BCUT2D eigenvalue weighted by Crippen LogP contribution is -2.53. The first-order valence-electron chi connectivity index (χ1n) is 28.5. The largest absolute Gasteiger partial charge is 0.394 e. The lowest BCUT2D eigenvalue weighted by Gasteiger charge is -2.27. The fraction of sp³-hybridized carbons (Fsp3) is 0.847. The zero-order chi connectivity index (χ0) is 47.4. The molecular weight excluding hydrogens is 803 g/mol. The van der Waals surface area contributed by atoms with E-state index in [2.05, 4.69) is 67.8 Å². The van der Waals surface area contributed by atoms with Gasteiger partial charge in [0.15, 0.2) is 0 Å².